The second-order valence-electron chi connectivity index (χ2n) is 5.61. The molecule has 3 rings (SSSR count). The molecule has 1 atom stereocenters. The number of carbonyl (C=O) groups is 1. The van der Waals surface area contributed by atoms with Crippen LogP contribution >= 0.6 is 22.9 Å². The molecule has 1 aromatic carbocycles. The van der Waals surface area contributed by atoms with Crippen LogP contribution in [0.15, 0.2) is 18.2 Å². The molecule has 2 aromatic rings. The lowest BCUT2D eigenvalue weighted by Crippen LogP contribution is -2.30. The number of fused-ring (bicyclic) bond motifs is 1. The van der Waals surface area contributed by atoms with Crippen molar-refractivity contribution in [3.63, 3.8) is 0 Å². The molecule has 0 aliphatic carbocycles. The van der Waals surface area contributed by atoms with Gasteiger partial charge in [-0.3, -0.25) is 4.79 Å². The van der Waals surface area contributed by atoms with E-state index in [0.29, 0.717) is 28.0 Å². The number of anilines is 1. The molecule has 0 spiro atoms. The first-order chi connectivity index (χ1) is 10.0. The number of nitrogens with two attached hydrogens (primary N) is 1. The van der Waals surface area contributed by atoms with Gasteiger partial charge in [-0.25, -0.2) is 0 Å². The number of hydrogen-bond acceptors (Lipinski definition) is 4. The molecule has 1 aliphatic heterocycles. The number of nitrogens with one attached hydrogen (secondary N) is 1. The first kappa shape index (κ1) is 14.6. The molecule has 21 heavy (non-hydrogen) atoms. The van der Waals surface area contributed by atoms with E-state index in [-0.39, 0.29) is 5.91 Å². The van der Waals surface area contributed by atoms with Gasteiger partial charge in [0.15, 0.2) is 0 Å². The van der Waals surface area contributed by atoms with Crippen LogP contribution in [0.2, 0.25) is 5.02 Å². The second kappa shape index (κ2) is 5.83. The fourth-order valence-corrected chi connectivity index (χ4v) is 3.96. The van der Waals surface area contributed by atoms with Gasteiger partial charge in [-0.05, 0) is 44.1 Å². The maximum atomic E-state index is 12.3. The first-order valence-corrected chi connectivity index (χ1v) is 8.18. The second-order valence-corrected chi connectivity index (χ2v) is 7.10. The van der Waals surface area contributed by atoms with E-state index in [4.69, 9.17) is 17.3 Å². The smallest absolute Gasteiger partial charge is 0.263 e. The van der Waals surface area contributed by atoms with E-state index in [1.165, 1.54) is 11.3 Å². The lowest BCUT2D eigenvalue weighted by molar-refractivity contribution is 0.0952. The van der Waals surface area contributed by atoms with Gasteiger partial charge in [0.2, 0.25) is 0 Å². The maximum Gasteiger partial charge on any atom is 0.263 e. The summed E-state index contributed by atoms with van der Waals surface area (Å²) in [5.41, 5.74) is 6.62. The van der Waals surface area contributed by atoms with Crippen molar-refractivity contribution in [2.75, 3.05) is 32.4 Å². The summed E-state index contributed by atoms with van der Waals surface area (Å²) in [6.07, 6.45) is 1.13. The molecule has 2 heterocycles. The topological polar surface area (TPSA) is 58.4 Å². The van der Waals surface area contributed by atoms with Gasteiger partial charge in [0.1, 0.15) is 4.88 Å². The Balaban J connectivity index is 1.74. The summed E-state index contributed by atoms with van der Waals surface area (Å²) in [6.45, 7) is 2.85. The lowest BCUT2D eigenvalue weighted by Gasteiger charge is -2.11. The minimum absolute atomic E-state index is 0.0839. The van der Waals surface area contributed by atoms with Crippen molar-refractivity contribution in [1.29, 1.82) is 0 Å². The zero-order valence-corrected chi connectivity index (χ0v) is 13.4. The van der Waals surface area contributed by atoms with E-state index in [2.05, 4.69) is 17.3 Å². The van der Waals surface area contributed by atoms with Gasteiger partial charge in [-0.2, -0.15) is 0 Å². The maximum absolute atomic E-state index is 12.3. The number of amides is 1. The Morgan fingerprint density at radius 2 is 2.38 bits per heavy atom. The van der Waals surface area contributed by atoms with Crippen LogP contribution in [0.25, 0.3) is 10.1 Å². The van der Waals surface area contributed by atoms with E-state index in [9.17, 15) is 4.79 Å². The van der Waals surface area contributed by atoms with Gasteiger partial charge < -0.3 is 16.0 Å². The molecule has 1 unspecified atom stereocenters. The number of nitrogen functional groups attached to an aromatic ring is 1. The van der Waals surface area contributed by atoms with E-state index in [1.54, 1.807) is 0 Å². The molecule has 0 radical (unpaired) electrons. The molecule has 112 valence electrons. The van der Waals surface area contributed by atoms with E-state index in [1.807, 2.05) is 18.2 Å². The Morgan fingerprint density at radius 1 is 1.57 bits per heavy atom. The van der Waals surface area contributed by atoms with Crippen molar-refractivity contribution in [1.82, 2.24) is 10.2 Å². The molecule has 0 bridgehead atoms. The third kappa shape index (κ3) is 3.00. The van der Waals surface area contributed by atoms with Crippen LogP contribution in [0.3, 0.4) is 0 Å². The Hall–Kier alpha value is -1.30. The predicted octanol–water partition coefficient (Wildman–Crippen LogP) is 2.82. The Bertz CT molecular complexity index is 685. The summed E-state index contributed by atoms with van der Waals surface area (Å²) >= 11 is 7.40. The number of hydrogen-bond donors (Lipinski definition) is 2. The average molecular weight is 324 g/mol. The molecule has 1 saturated heterocycles. The zero-order chi connectivity index (χ0) is 15.0. The summed E-state index contributed by atoms with van der Waals surface area (Å²) < 4.78 is 0.989. The summed E-state index contributed by atoms with van der Waals surface area (Å²) in [7, 11) is 2.11. The molecule has 1 aromatic heterocycles. The number of nitrogens with zero attached hydrogens (tertiary/aromatic N) is 1. The minimum atomic E-state index is -0.0839. The van der Waals surface area contributed by atoms with Gasteiger partial charge in [0.25, 0.3) is 5.91 Å². The number of rotatable bonds is 3. The van der Waals surface area contributed by atoms with Crippen LogP contribution in [0.5, 0.6) is 0 Å². The third-order valence-electron chi connectivity index (χ3n) is 3.93. The number of thiophene rings is 1. The summed E-state index contributed by atoms with van der Waals surface area (Å²) in [6, 6.07) is 5.53. The highest BCUT2D eigenvalue weighted by Crippen LogP contribution is 2.35. The van der Waals surface area contributed by atoms with Crippen LogP contribution in [-0.4, -0.2) is 37.5 Å². The van der Waals surface area contributed by atoms with E-state index in [0.717, 1.165) is 29.6 Å². The van der Waals surface area contributed by atoms with Crippen LogP contribution in [-0.2, 0) is 0 Å². The highest BCUT2D eigenvalue weighted by atomic mass is 35.5. The third-order valence-corrected chi connectivity index (χ3v) is 5.36. The molecule has 1 fully saturated rings. The van der Waals surface area contributed by atoms with Crippen LogP contribution in [0.1, 0.15) is 16.1 Å². The monoisotopic (exact) mass is 323 g/mol. The number of carbonyl (C=O) groups excluding carboxylic acids is 1. The molecule has 6 heteroatoms. The molecular weight excluding hydrogens is 306 g/mol. The molecule has 1 amide bonds. The molecular formula is C15H18ClN3OS. The van der Waals surface area contributed by atoms with Gasteiger partial charge in [-0.15, -0.1) is 11.3 Å². The number of benzene rings is 1. The van der Waals surface area contributed by atoms with Gasteiger partial charge in [-0.1, -0.05) is 11.6 Å². The highest BCUT2D eigenvalue weighted by Gasteiger charge is 2.21. The van der Waals surface area contributed by atoms with Crippen molar-refractivity contribution in [2.24, 2.45) is 5.92 Å². The average Bonchev–Trinajstić information content (AvgIpc) is 3.01. The highest BCUT2D eigenvalue weighted by molar-refractivity contribution is 7.21. The molecule has 1 aliphatic rings. The standard InChI is InChI=1S/C15H18ClN3OS/c1-19-5-4-9(8-19)7-18-15(20)14-13(17)11-6-10(16)2-3-12(11)21-14/h2-3,6,9H,4-5,7-8,17H2,1H3,(H,18,20). The first-order valence-electron chi connectivity index (χ1n) is 6.99. The summed E-state index contributed by atoms with van der Waals surface area (Å²) in [5.74, 6) is 0.448. The van der Waals surface area contributed by atoms with Crippen LogP contribution in [0.4, 0.5) is 5.69 Å². The quantitative estimate of drug-likeness (QED) is 0.913. The van der Waals surface area contributed by atoms with Crippen LogP contribution < -0.4 is 11.1 Å². The lowest BCUT2D eigenvalue weighted by atomic mass is 10.1. The van der Waals surface area contributed by atoms with Gasteiger partial charge >= 0.3 is 0 Å². The van der Waals surface area contributed by atoms with Crippen molar-refractivity contribution < 1.29 is 4.79 Å². The fraction of sp³-hybridized carbons (Fsp3) is 0.400. The van der Waals surface area contributed by atoms with Gasteiger partial charge in [0.05, 0.1) is 5.69 Å². The Morgan fingerprint density at radius 3 is 3.10 bits per heavy atom. The molecule has 0 saturated carbocycles. The molecule has 4 nitrogen and oxygen atoms in total. The SMILES string of the molecule is CN1CCC(CNC(=O)c2sc3ccc(Cl)cc3c2N)C1. The van der Waals surface area contributed by atoms with Crippen LogP contribution in [0, 0.1) is 5.92 Å². The predicted molar refractivity (Wildman–Crippen MR) is 89.2 cm³/mol. The zero-order valence-electron chi connectivity index (χ0n) is 11.9. The number of likely N-dealkylation sites (tertiary alicyclic amines) is 1. The Kier molecular flexibility index (Phi) is 4.06. The normalized spacial score (nSPS) is 19.2. The van der Waals surface area contributed by atoms with Crippen molar-refractivity contribution >= 4 is 44.6 Å². The molecule has 3 N–H and O–H groups in total. The van der Waals surface area contributed by atoms with E-state index < -0.39 is 0 Å². The van der Waals surface area contributed by atoms with Gasteiger partial charge in [0, 0.05) is 28.2 Å². The summed E-state index contributed by atoms with van der Waals surface area (Å²) in [4.78, 5) is 15.2. The minimum Gasteiger partial charge on any atom is -0.397 e. The summed E-state index contributed by atoms with van der Waals surface area (Å²) in [5, 5.41) is 4.50. The fourth-order valence-electron chi connectivity index (χ4n) is 2.77. The van der Waals surface area contributed by atoms with Crippen molar-refractivity contribution in [3.05, 3.63) is 28.1 Å². The van der Waals surface area contributed by atoms with Crippen molar-refractivity contribution in [2.45, 2.75) is 6.42 Å². The number of halogens is 1. The van der Waals surface area contributed by atoms with E-state index >= 15 is 0 Å². The Labute approximate surface area is 132 Å². The van der Waals surface area contributed by atoms with Crippen molar-refractivity contribution in [3.8, 4) is 0 Å². The largest absolute Gasteiger partial charge is 0.397 e.